The SMILES string of the molecule is CCCNC(C)c1cccc(Oc2ccc(F)cc2F)c1. The van der Waals surface area contributed by atoms with Gasteiger partial charge in [0.1, 0.15) is 11.6 Å². The van der Waals surface area contributed by atoms with E-state index < -0.39 is 11.6 Å². The molecule has 0 aliphatic carbocycles. The van der Waals surface area contributed by atoms with E-state index in [1.807, 2.05) is 18.2 Å². The summed E-state index contributed by atoms with van der Waals surface area (Å²) in [5.41, 5.74) is 1.06. The lowest BCUT2D eigenvalue weighted by Crippen LogP contribution is -2.19. The van der Waals surface area contributed by atoms with Crippen LogP contribution in [-0.4, -0.2) is 6.54 Å². The van der Waals surface area contributed by atoms with Crippen molar-refractivity contribution in [1.29, 1.82) is 0 Å². The second kappa shape index (κ2) is 7.18. The summed E-state index contributed by atoms with van der Waals surface area (Å²) in [6.45, 7) is 5.10. The molecule has 2 aromatic rings. The number of nitrogens with one attached hydrogen (secondary N) is 1. The summed E-state index contributed by atoms with van der Waals surface area (Å²) in [4.78, 5) is 0. The second-order valence-corrected chi connectivity index (χ2v) is 4.93. The smallest absolute Gasteiger partial charge is 0.168 e. The molecule has 0 fully saturated rings. The van der Waals surface area contributed by atoms with Crippen molar-refractivity contribution < 1.29 is 13.5 Å². The maximum Gasteiger partial charge on any atom is 0.168 e. The van der Waals surface area contributed by atoms with Crippen LogP contribution in [0.4, 0.5) is 8.78 Å². The minimum Gasteiger partial charge on any atom is -0.454 e. The zero-order valence-corrected chi connectivity index (χ0v) is 12.2. The minimum atomic E-state index is -0.711. The van der Waals surface area contributed by atoms with E-state index in [1.165, 1.54) is 12.1 Å². The molecule has 0 saturated carbocycles. The topological polar surface area (TPSA) is 21.3 Å². The van der Waals surface area contributed by atoms with Gasteiger partial charge < -0.3 is 10.1 Å². The summed E-state index contributed by atoms with van der Waals surface area (Å²) in [5.74, 6) is -0.783. The highest BCUT2D eigenvalue weighted by Gasteiger charge is 2.09. The van der Waals surface area contributed by atoms with Crippen LogP contribution < -0.4 is 10.1 Å². The largest absolute Gasteiger partial charge is 0.454 e. The Morgan fingerprint density at radius 2 is 1.95 bits per heavy atom. The van der Waals surface area contributed by atoms with Crippen molar-refractivity contribution in [3.05, 3.63) is 59.7 Å². The molecule has 0 aliphatic heterocycles. The number of hydrogen-bond donors (Lipinski definition) is 1. The van der Waals surface area contributed by atoms with Gasteiger partial charge in [-0.3, -0.25) is 0 Å². The molecule has 1 atom stereocenters. The number of halogens is 2. The lowest BCUT2D eigenvalue weighted by Gasteiger charge is -2.15. The molecule has 1 unspecified atom stereocenters. The van der Waals surface area contributed by atoms with E-state index in [0.717, 1.165) is 24.6 Å². The van der Waals surface area contributed by atoms with Gasteiger partial charge in [-0.05, 0) is 49.7 Å². The third-order valence-corrected chi connectivity index (χ3v) is 3.18. The highest BCUT2D eigenvalue weighted by atomic mass is 19.1. The Hall–Kier alpha value is -1.94. The van der Waals surface area contributed by atoms with E-state index in [-0.39, 0.29) is 11.8 Å². The van der Waals surface area contributed by atoms with Crippen LogP contribution in [0.2, 0.25) is 0 Å². The molecule has 1 N–H and O–H groups in total. The molecule has 0 aromatic heterocycles. The van der Waals surface area contributed by atoms with Gasteiger partial charge >= 0.3 is 0 Å². The molecular formula is C17H19F2NO. The summed E-state index contributed by atoms with van der Waals surface area (Å²) in [5, 5.41) is 3.38. The standard InChI is InChI=1S/C17H19F2NO/c1-3-9-20-12(2)13-5-4-6-15(10-13)21-17-8-7-14(18)11-16(17)19/h4-8,10-12,20H,3,9H2,1-2H3. The first kappa shape index (κ1) is 15.4. The van der Waals surface area contributed by atoms with Crippen molar-refractivity contribution in [3.8, 4) is 11.5 Å². The van der Waals surface area contributed by atoms with E-state index in [4.69, 9.17) is 4.74 Å². The van der Waals surface area contributed by atoms with Crippen molar-refractivity contribution in [1.82, 2.24) is 5.32 Å². The molecule has 4 heteroatoms. The van der Waals surface area contributed by atoms with E-state index in [0.29, 0.717) is 5.75 Å². The summed E-state index contributed by atoms with van der Waals surface area (Å²) in [6, 6.07) is 10.9. The molecule has 0 radical (unpaired) electrons. The lowest BCUT2D eigenvalue weighted by molar-refractivity contribution is 0.436. The minimum absolute atomic E-state index is 0.0164. The normalized spacial score (nSPS) is 12.2. The van der Waals surface area contributed by atoms with Gasteiger partial charge in [-0.25, -0.2) is 8.78 Å². The first-order chi connectivity index (χ1) is 10.1. The van der Waals surface area contributed by atoms with Gasteiger partial charge in [0.25, 0.3) is 0 Å². The number of benzene rings is 2. The molecule has 0 amide bonds. The molecule has 0 heterocycles. The molecule has 0 aliphatic rings. The van der Waals surface area contributed by atoms with Crippen molar-refractivity contribution >= 4 is 0 Å². The van der Waals surface area contributed by atoms with Crippen molar-refractivity contribution in [2.75, 3.05) is 6.54 Å². The molecule has 2 rings (SSSR count). The van der Waals surface area contributed by atoms with E-state index in [9.17, 15) is 8.78 Å². The first-order valence-corrected chi connectivity index (χ1v) is 7.06. The van der Waals surface area contributed by atoms with Gasteiger partial charge in [0.2, 0.25) is 0 Å². The maximum absolute atomic E-state index is 13.6. The van der Waals surface area contributed by atoms with Crippen LogP contribution in [0.5, 0.6) is 11.5 Å². The Balaban J connectivity index is 2.13. The molecule has 0 spiro atoms. The van der Waals surface area contributed by atoms with E-state index in [2.05, 4.69) is 19.2 Å². The summed E-state index contributed by atoms with van der Waals surface area (Å²) in [6.07, 6.45) is 1.06. The molecule has 112 valence electrons. The van der Waals surface area contributed by atoms with Crippen LogP contribution >= 0.6 is 0 Å². The zero-order chi connectivity index (χ0) is 15.2. The Labute approximate surface area is 123 Å². The summed E-state index contributed by atoms with van der Waals surface area (Å²) < 4.78 is 31.9. The average molecular weight is 291 g/mol. The van der Waals surface area contributed by atoms with Crippen molar-refractivity contribution in [3.63, 3.8) is 0 Å². The van der Waals surface area contributed by atoms with Crippen LogP contribution in [-0.2, 0) is 0 Å². The van der Waals surface area contributed by atoms with Crippen LogP contribution in [0.3, 0.4) is 0 Å². The fourth-order valence-electron chi connectivity index (χ4n) is 2.01. The Morgan fingerprint density at radius 3 is 2.67 bits per heavy atom. The van der Waals surface area contributed by atoms with Gasteiger partial charge in [-0.2, -0.15) is 0 Å². The van der Waals surface area contributed by atoms with Crippen LogP contribution in [0.25, 0.3) is 0 Å². The second-order valence-electron chi connectivity index (χ2n) is 4.93. The van der Waals surface area contributed by atoms with Gasteiger partial charge in [-0.1, -0.05) is 19.1 Å². The third kappa shape index (κ3) is 4.26. The van der Waals surface area contributed by atoms with Crippen LogP contribution in [0.1, 0.15) is 31.9 Å². The van der Waals surface area contributed by atoms with E-state index in [1.54, 1.807) is 6.07 Å². The van der Waals surface area contributed by atoms with Gasteiger partial charge in [-0.15, -0.1) is 0 Å². The average Bonchev–Trinajstić information content (AvgIpc) is 2.48. The van der Waals surface area contributed by atoms with Gasteiger partial charge in [0, 0.05) is 12.1 Å². The lowest BCUT2D eigenvalue weighted by atomic mass is 10.1. The monoisotopic (exact) mass is 291 g/mol. The van der Waals surface area contributed by atoms with Crippen LogP contribution in [0.15, 0.2) is 42.5 Å². The molecule has 0 saturated heterocycles. The molecule has 2 nitrogen and oxygen atoms in total. The fraction of sp³-hybridized carbons (Fsp3) is 0.294. The Morgan fingerprint density at radius 1 is 1.14 bits per heavy atom. The zero-order valence-electron chi connectivity index (χ0n) is 12.2. The van der Waals surface area contributed by atoms with Crippen LogP contribution in [0, 0.1) is 11.6 Å². The summed E-state index contributed by atoms with van der Waals surface area (Å²) in [7, 11) is 0. The molecule has 0 bridgehead atoms. The molecular weight excluding hydrogens is 272 g/mol. The Bertz CT molecular complexity index is 601. The predicted molar refractivity (Wildman–Crippen MR) is 79.6 cm³/mol. The maximum atomic E-state index is 13.6. The highest BCUT2D eigenvalue weighted by molar-refractivity contribution is 5.35. The number of hydrogen-bond acceptors (Lipinski definition) is 2. The fourth-order valence-corrected chi connectivity index (χ4v) is 2.01. The van der Waals surface area contributed by atoms with Gasteiger partial charge in [0.05, 0.1) is 0 Å². The van der Waals surface area contributed by atoms with E-state index >= 15 is 0 Å². The molecule has 2 aromatic carbocycles. The quantitative estimate of drug-likeness (QED) is 0.824. The third-order valence-electron chi connectivity index (χ3n) is 3.18. The first-order valence-electron chi connectivity index (χ1n) is 7.06. The number of ether oxygens (including phenoxy) is 1. The van der Waals surface area contributed by atoms with Crippen molar-refractivity contribution in [2.45, 2.75) is 26.3 Å². The highest BCUT2D eigenvalue weighted by Crippen LogP contribution is 2.27. The van der Waals surface area contributed by atoms with Crippen molar-refractivity contribution in [2.24, 2.45) is 0 Å². The predicted octanol–water partition coefficient (Wildman–Crippen LogP) is 4.82. The summed E-state index contributed by atoms with van der Waals surface area (Å²) >= 11 is 0. The molecule has 21 heavy (non-hydrogen) atoms. The number of rotatable bonds is 6. The van der Waals surface area contributed by atoms with Gasteiger partial charge in [0.15, 0.2) is 11.6 Å². The Kier molecular flexibility index (Phi) is 5.28.